The van der Waals surface area contributed by atoms with E-state index in [4.69, 9.17) is 10.5 Å². The molecule has 4 nitrogen and oxygen atoms in total. The second-order valence-electron chi connectivity index (χ2n) is 6.20. The fourth-order valence-electron chi connectivity index (χ4n) is 3.30. The first-order valence-electron chi connectivity index (χ1n) is 7.34. The maximum Gasteiger partial charge on any atom is 0.0702 e. The van der Waals surface area contributed by atoms with Crippen LogP contribution in [0.1, 0.15) is 44.9 Å². The lowest BCUT2D eigenvalue weighted by molar-refractivity contribution is -0.0156. The van der Waals surface area contributed by atoms with Crippen LogP contribution in [0.5, 0.6) is 0 Å². The third-order valence-corrected chi connectivity index (χ3v) is 4.56. The summed E-state index contributed by atoms with van der Waals surface area (Å²) in [5, 5.41) is 9.40. The van der Waals surface area contributed by atoms with Crippen molar-refractivity contribution in [1.29, 1.82) is 0 Å². The molecular formula is C14H28N2O2. The highest BCUT2D eigenvalue weighted by atomic mass is 16.5. The summed E-state index contributed by atoms with van der Waals surface area (Å²) in [6.45, 7) is 2.03. The molecule has 106 valence electrons. The lowest BCUT2D eigenvalue weighted by atomic mass is 9.79. The summed E-state index contributed by atoms with van der Waals surface area (Å²) in [7, 11) is 2.17. The summed E-state index contributed by atoms with van der Waals surface area (Å²) in [6, 6.07) is 0.501. The number of rotatable bonds is 4. The van der Waals surface area contributed by atoms with Crippen LogP contribution in [0.4, 0.5) is 0 Å². The minimum Gasteiger partial charge on any atom is -0.394 e. The summed E-state index contributed by atoms with van der Waals surface area (Å²) in [5.74, 6) is 0. The average molecular weight is 256 g/mol. The van der Waals surface area contributed by atoms with Gasteiger partial charge in [0, 0.05) is 24.7 Å². The maximum atomic E-state index is 9.40. The van der Waals surface area contributed by atoms with Crippen LogP contribution in [-0.2, 0) is 4.74 Å². The molecule has 1 saturated heterocycles. The van der Waals surface area contributed by atoms with Crippen molar-refractivity contribution in [1.82, 2.24) is 4.90 Å². The molecule has 0 aromatic carbocycles. The molecule has 2 fully saturated rings. The van der Waals surface area contributed by atoms with Crippen molar-refractivity contribution in [2.45, 2.75) is 62.6 Å². The van der Waals surface area contributed by atoms with E-state index in [0.29, 0.717) is 12.1 Å². The molecule has 2 aliphatic rings. The Morgan fingerprint density at radius 3 is 2.83 bits per heavy atom. The lowest BCUT2D eigenvalue weighted by Crippen LogP contribution is -2.53. The molecule has 2 rings (SSSR count). The van der Waals surface area contributed by atoms with Crippen LogP contribution >= 0.6 is 0 Å². The third kappa shape index (κ3) is 3.67. The van der Waals surface area contributed by atoms with E-state index in [1.54, 1.807) is 0 Å². The number of nitrogens with two attached hydrogens (primary N) is 1. The molecule has 0 aromatic heterocycles. The molecule has 3 atom stereocenters. The van der Waals surface area contributed by atoms with Gasteiger partial charge in [-0.2, -0.15) is 0 Å². The van der Waals surface area contributed by atoms with Gasteiger partial charge in [-0.3, -0.25) is 0 Å². The van der Waals surface area contributed by atoms with Crippen LogP contribution in [0.25, 0.3) is 0 Å². The molecule has 0 spiro atoms. The average Bonchev–Trinajstić information content (AvgIpc) is 2.40. The van der Waals surface area contributed by atoms with E-state index >= 15 is 0 Å². The fourth-order valence-corrected chi connectivity index (χ4v) is 3.30. The largest absolute Gasteiger partial charge is 0.394 e. The van der Waals surface area contributed by atoms with Gasteiger partial charge in [0.1, 0.15) is 0 Å². The van der Waals surface area contributed by atoms with Gasteiger partial charge in [-0.25, -0.2) is 0 Å². The second kappa shape index (κ2) is 6.33. The predicted octanol–water partition coefficient (Wildman–Crippen LogP) is 1.12. The predicted molar refractivity (Wildman–Crippen MR) is 72.5 cm³/mol. The number of hydrogen-bond donors (Lipinski definition) is 2. The molecule has 0 radical (unpaired) electrons. The number of hydrogen-bond acceptors (Lipinski definition) is 4. The minimum atomic E-state index is -0.357. The van der Waals surface area contributed by atoms with E-state index in [9.17, 15) is 5.11 Å². The Labute approximate surface area is 110 Å². The van der Waals surface area contributed by atoms with Crippen molar-refractivity contribution in [3.05, 3.63) is 0 Å². The topological polar surface area (TPSA) is 58.7 Å². The van der Waals surface area contributed by atoms with Gasteiger partial charge in [-0.1, -0.05) is 0 Å². The van der Waals surface area contributed by atoms with Crippen LogP contribution in [-0.4, -0.2) is 54.5 Å². The highest BCUT2D eigenvalue weighted by molar-refractivity contribution is 4.93. The van der Waals surface area contributed by atoms with Crippen LogP contribution in [0.3, 0.4) is 0 Å². The summed E-state index contributed by atoms with van der Waals surface area (Å²) in [5.41, 5.74) is 5.86. The van der Waals surface area contributed by atoms with E-state index in [1.807, 2.05) is 0 Å². The maximum absolute atomic E-state index is 9.40. The molecule has 1 aliphatic heterocycles. The van der Waals surface area contributed by atoms with Crippen molar-refractivity contribution < 1.29 is 9.84 Å². The molecular weight excluding hydrogens is 228 g/mol. The van der Waals surface area contributed by atoms with Crippen molar-refractivity contribution in [3.63, 3.8) is 0 Å². The molecule has 4 heteroatoms. The van der Waals surface area contributed by atoms with Gasteiger partial charge in [0.15, 0.2) is 0 Å². The van der Waals surface area contributed by atoms with Gasteiger partial charge < -0.3 is 20.5 Å². The van der Waals surface area contributed by atoms with E-state index in [0.717, 1.165) is 32.4 Å². The van der Waals surface area contributed by atoms with Crippen molar-refractivity contribution >= 4 is 0 Å². The molecule has 1 saturated carbocycles. The molecule has 0 bridgehead atoms. The van der Waals surface area contributed by atoms with Crippen LogP contribution in [0.2, 0.25) is 0 Å². The number of aliphatic hydroxyl groups excluding tert-OH is 1. The van der Waals surface area contributed by atoms with E-state index in [1.165, 1.54) is 25.7 Å². The molecule has 1 heterocycles. The molecule has 3 N–H and O–H groups in total. The smallest absolute Gasteiger partial charge is 0.0702 e. The monoisotopic (exact) mass is 256 g/mol. The Morgan fingerprint density at radius 2 is 2.17 bits per heavy atom. The van der Waals surface area contributed by atoms with Gasteiger partial charge in [-0.05, 0) is 52.0 Å². The Kier molecular flexibility index (Phi) is 5.01. The quantitative estimate of drug-likeness (QED) is 0.791. The SMILES string of the molecule is CN(CC1CCCCO1)C1CCCC(N)(CO)C1. The van der Waals surface area contributed by atoms with Gasteiger partial charge in [0.25, 0.3) is 0 Å². The van der Waals surface area contributed by atoms with Crippen LogP contribution in [0, 0.1) is 0 Å². The van der Waals surface area contributed by atoms with Gasteiger partial charge >= 0.3 is 0 Å². The van der Waals surface area contributed by atoms with E-state index in [-0.39, 0.29) is 12.1 Å². The highest BCUT2D eigenvalue weighted by Crippen LogP contribution is 2.29. The third-order valence-electron chi connectivity index (χ3n) is 4.56. The van der Waals surface area contributed by atoms with Crippen LogP contribution < -0.4 is 5.73 Å². The first kappa shape index (κ1) is 14.3. The highest BCUT2D eigenvalue weighted by Gasteiger charge is 2.34. The Morgan fingerprint density at radius 1 is 1.33 bits per heavy atom. The van der Waals surface area contributed by atoms with Gasteiger partial charge in [0.2, 0.25) is 0 Å². The summed E-state index contributed by atoms with van der Waals surface area (Å²) >= 11 is 0. The zero-order valence-corrected chi connectivity index (χ0v) is 11.6. The Hall–Kier alpha value is -0.160. The summed E-state index contributed by atoms with van der Waals surface area (Å²) in [4.78, 5) is 2.40. The number of likely N-dealkylation sites (N-methyl/N-ethyl adjacent to an activating group) is 1. The van der Waals surface area contributed by atoms with Crippen molar-refractivity contribution in [2.24, 2.45) is 5.73 Å². The zero-order chi connectivity index (χ0) is 13.0. The molecule has 18 heavy (non-hydrogen) atoms. The normalized spacial score (nSPS) is 38.0. The van der Waals surface area contributed by atoms with Gasteiger partial charge in [0.05, 0.1) is 12.7 Å². The van der Waals surface area contributed by atoms with Crippen molar-refractivity contribution in [2.75, 3.05) is 26.8 Å². The second-order valence-corrected chi connectivity index (χ2v) is 6.20. The number of ether oxygens (including phenoxy) is 1. The molecule has 3 unspecified atom stereocenters. The van der Waals surface area contributed by atoms with E-state index in [2.05, 4.69) is 11.9 Å². The van der Waals surface area contributed by atoms with Gasteiger partial charge in [-0.15, -0.1) is 0 Å². The molecule has 1 aliphatic carbocycles. The standard InChI is InChI=1S/C14H28N2O2/c1-16(10-13-6-2-3-8-18-13)12-5-4-7-14(15,9-12)11-17/h12-13,17H,2-11,15H2,1H3. The molecule has 0 amide bonds. The Balaban J connectivity index is 1.82. The minimum absolute atomic E-state index is 0.108. The van der Waals surface area contributed by atoms with Crippen LogP contribution in [0.15, 0.2) is 0 Å². The summed E-state index contributed by atoms with van der Waals surface area (Å²) < 4.78 is 5.80. The number of nitrogens with zero attached hydrogens (tertiary/aromatic N) is 1. The summed E-state index contributed by atoms with van der Waals surface area (Å²) in [6.07, 6.45) is 8.26. The van der Waals surface area contributed by atoms with E-state index < -0.39 is 0 Å². The van der Waals surface area contributed by atoms with Crippen molar-refractivity contribution in [3.8, 4) is 0 Å². The Bertz CT molecular complexity index is 256. The number of aliphatic hydroxyl groups is 1. The first-order valence-corrected chi connectivity index (χ1v) is 7.34. The lowest BCUT2D eigenvalue weighted by Gasteiger charge is -2.41. The molecule has 0 aromatic rings. The first-order chi connectivity index (χ1) is 8.63. The zero-order valence-electron chi connectivity index (χ0n) is 11.6. The fraction of sp³-hybridized carbons (Fsp3) is 1.00.